The average Bonchev–Trinajstić information content (AvgIpc) is 2.35. The van der Waals surface area contributed by atoms with Gasteiger partial charge in [-0.15, -0.1) is 0 Å². The van der Waals surface area contributed by atoms with Crippen molar-refractivity contribution in [1.29, 1.82) is 0 Å². The molecule has 1 aliphatic carbocycles. The molecule has 90 valence electrons. The fraction of sp³-hybridized carbons (Fsp3) is 0.0769. The zero-order chi connectivity index (χ0) is 12.7. The summed E-state index contributed by atoms with van der Waals surface area (Å²) in [6, 6.07) is 7.31. The highest BCUT2D eigenvalue weighted by molar-refractivity contribution is 5.79. The minimum absolute atomic E-state index is 0.0812. The predicted molar refractivity (Wildman–Crippen MR) is 65.1 cm³/mol. The lowest BCUT2D eigenvalue weighted by atomic mass is 10.2. The molecule has 0 atom stereocenters. The fourth-order valence-electron chi connectivity index (χ4n) is 1.82. The van der Waals surface area contributed by atoms with Crippen molar-refractivity contribution in [2.24, 2.45) is 0 Å². The first kappa shape index (κ1) is 10.6. The zero-order valence-corrected chi connectivity index (χ0v) is 9.51. The number of ether oxygens (including phenoxy) is 1. The third kappa shape index (κ3) is 1.57. The van der Waals surface area contributed by atoms with Gasteiger partial charge < -0.3 is 14.3 Å². The van der Waals surface area contributed by atoms with E-state index in [0.717, 1.165) is 0 Å². The van der Waals surface area contributed by atoms with Gasteiger partial charge in [-0.25, -0.2) is 4.98 Å². The second kappa shape index (κ2) is 3.73. The van der Waals surface area contributed by atoms with E-state index in [9.17, 15) is 9.90 Å². The van der Waals surface area contributed by atoms with Gasteiger partial charge >= 0.3 is 0 Å². The molecule has 1 aromatic rings. The maximum absolute atomic E-state index is 11.4. The monoisotopic (exact) mass is 243 g/mol. The van der Waals surface area contributed by atoms with Crippen LogP contribution in [0.25, 0.3) is 22.6 Å². The Balaban J connectivity index is 2.45. The van der Waals surface area contributed by atoms with Crippen LogP contribution >= 0.6 is 0 Å². The molecule has 0 amide bonds. The van der Waals surface area contributed by atoms with Gasteiger partial charge in [-0.3, -0.25) is 4.79 Å². The summed E-state index contributed by atoms with van der Waals surface area (Å²) >= 11 is 0. The molecule has 1 N–H and O–H groups in total. The van der Waals surface area contributed by atoms with Crippen molar-refractivity contribution in [3.05, 3.63) is 40.6 Å². The standard InChI is InChI=1S/C13H9NO4/c1-17-11-5-8(16)6-12-13(11)14-9-3-2-7(15)4-10(9)18-12/h2-6,15H,1H3. The third-order valence-corrected chi connectivity index (χ3v) is 2.63. The predicted octanol–water partition coefficient (Wildman–Crippen LogP) is 2.01. The minimum Gasteiger partial charge on any atom is -0.508 e. The lowest BCUT2D eigenvalue weighted by Gasteiger charge is -2.09. The Labute approximate surface area is 102 Å². The molecule has 3 rings (SSSR count). The number of phenolic OH excluding ortho intramolecular Hbond substituents is 1. The first-order valence-corrected chi connectivity index (χ1v) is 5.29. The molecule has 0 saturated carbocycles. The smallest absolute Gasteiger partial charge is 0.186 e. The molecule has 18 heavy (non-hydrogen) atoms. The van der Waals surface area contributed by atoms with Crippen LogP contribution in [0.5, 0.6) is 11.5 Å². The van der Waals surface area contributed by atoms with Crippen LogP contribution in [0.2, 0.25) is 0 Å². The summed E-state index contributed by atoms with van der Waals surface area (Å²) < 4.78 is 10.7. The largest absolute Gasteiger partial charge is 0.508 e. The summed E-state index contributed by atoms with van der Waals surface area (Å²) in [4.78, 5) is 15.8. The molecule has 1 heterocycles. The number of aromatic nitrogens is 1. The van der Waals surface area contributed by atoms with Gasteiger partial charge in [-0.2, -0.15) is 0 Å². The Morgan fingerprint density at radius 2 is 2.11 bits per heavy atom. The molecule has 2 aliphatic rings. The van der Waals surface area contributed by atoms with E-state index in [1.165, 1.54) is 31.4 Å². The highest BCUT2D eigenvalue weighted by atomic mass is 16.5. The molecule has 1 aliphatic heterocycles. The average molecular weight is 243 g/mol. The Morgan fingerprint density at radius 1 is 1.28 bits per heavy atom. The quantitative estimate of drug-likeness (QED) is 0.662. The van der Waals surface area contributed by atoms with Crippen molar-refractivity contribution < 1.29 is 14.3 Å². The Morgan fingerprint density at radius 3 is 2.89 bits per heavy atom. The Bertz CT molecular complexity index is 763. The highest BCUT2D eigenvalue weighted by Gasteiger charge is 2.15. The Hall–Kier alpha value is -2.56. The molecule has 0 saturated heterocycles. The van der Waals surface area contributed by atoms with Gasteiger partial charge in [0.25, 0.3) is 0 Å². The van der Waals surface area contributed by atoms with Gasteiger partial charge in [-0.05, 0) is 12.1 Å². The lowest BCUT2D eigenvalue weighted by molar-refractivity contribution is 0.412. The van der Waals surface area contributed by atoms with E-state index in [1.807, 2.05) is 0 Å². The van der Waals surface area contributed by atoms with Crippen molar-refractivity contribution >= 4 is 11.1 Å². The molecule has 5 nitrogen and oxygen atoms in total. The first-order chi connectivity index (χ1) is 8.67. The molecule has 1 aromatic carbocycles. The van der Waals surface area contributed by atoms with E-state index in [0.29, 0.717) is 28.3 Å². The lowest BCUT2D eigenvalue weighted by Crippen LogP contribution is -2.03. The number of phenols is 1. The molecular weight excluding hydrogens is 234 g/mol. The number of hydrogen-bond acceptors (Lipinski definition) is 5. The van der Waals surface area contributed by atoms with Gasteiger partial charge in [0.05, 0.1) is 7.11 Å². The third-order valence-electron chi connectivity index (χ3n) is 2.63. The van der Waals surface area contributed by atoms with Crippen molar-refractivity contribution in [2.45, 2.75) is 0 Å². The van der Waals surface area contributed by atoms with Crippen molar-refractivity contribution in [2.75, 3.05) is 7.11 Å². The van der Waals surface area contributed by atoms with Crippen LogP contribution in [0, 0.1) is 0 Å². The van der Waals surface area contributed by atoms with Crippen molar-refractivity contribution in [3.8, 4) is 23.0 Å². The van der Waals surface area contributed by atoms with E-state index in [-0.39, 0.29) is 11.2 Å². The van der Waals surface area contributed by atoms with Gasteiger partial charge in [0.15, 0.2) is 22.5 Å². The summed E-state index contributed by atoms with van der Waals surface area (Å²) in [6.45, 7) is 0. The number of nitrogens with zero attached hydrogens (tertiary/aromatic N) is 1. The van der Waals surface area contributed by atoms with E-state index in [4.69, 9.17) is 9.15 Å². The maximum Gasteiger partial charge on any atom is 0.186 e. The minimum atomic E-state index is -0.218. The fourth-order valence-corrected chi connectivity index (χ4v) is 1.82. The van der Waals surface area contributed by atoms with Gasteiger partial charge in [0.2, 0.25) is 0 Å². The summed E-state index contributed by atoms with van der Waals surface area (Å²) in [6.07, 6.45) is 0. The summed E-state index contributed by atoms with van der Waals surface area (Å²) in [5.41, 5.74) is 1.26. The van der Waals surface area contributed by atoms with Crippen LogP contribution in [0.4, 0.5) is 0 Å². The van der Waals surface area contributed by atoms with Crippen LogP contribution in [0.15, 0.2) is 39.5 Å². The van der Waals surface area contributed by atoms with E-state index in [1.54, 1.807) is 6.07 Å². The molecular formula is C13H9NO4. The number of benzene rings is 2. The van der Waals surface area contributed by atoms with Gasteiger partial charge in [-0.1, -0.05) is 0 Å². The molecule has 0 aromatic heterocycles. The van der Waals surface area contributed by atoms with E-state index in [2.05, 4.69) is 4.98 Å². The molecule has 5 heteroatoms. The van der Waals surface area contributed by atoms with Gasteiger partial charge in [0.1, 0.15) is 17.0 Å². The van der Waals surface area contributed by atoms with Crippen LogP contribution in [0.3, 0.4) is 0 Å². The first-order valence-electron chi connectivity index (χ1n) is 5.29. The van der Waals surface area contributed by atoms with Crippen molar-refractivity contribution in [1.82, 2.24) is 4.98 Å². The number of hydrogen-bond donors (Lipinski definition) is 1. The van der Waals surface area contributed by atoms with Crippen LogP contribution in [-0.4, -0.2) is 17.2 Å². The van der Waals surface area contributed by atoms with Crippen LogP contribution in [-0.2, 0) is 0 Å². The number of fused-ring (bicyclic) bond motifs is 2. The number of methoxy groups -OCH3 is 1. The molecule has 0 spiro atoms. The highest BCUT2D eigenvalue weighted by Crippen LogP contribution is 2.31. The molecule has 0 radical (unpaired) electrons. The van der Waals surface area contributed by atoms with Crippen molar-refractivity contribution in [3.63, 3.8) is 0 Å². The Kier molecular flexibility index (Phi) is 2.19. The maximum atomic E-state index is 11.4. The van der Waals surface area contributed by atoms with E-state index < -0.39 is 0 Å². The number of aromatic hydroxyl groups is 1. The topological polar surface area (TPSA) is 72.6 Å². The summed E-state index contributed by atoms with van der Waals surface area (Å²) in [7, 11) is 1.47. The normalized spacial score (nSPS) is 10.9. The number of rotatable bonds is 1. The zero-order valence-electron chi connectivity index (χ0n) is 9.51. The molecule has 0 fully saturated rings. The van der Waals surface area contributed by atoms with E-state index >= 15 is 0 Å². The molecule has 0 bridgehead atoms. The summed E-state index contributed by atoms with van der Waals surface area (Å²) in [5.74, 6) is 0.784. The van der Waals surface area contributed by atoms with Crippen LogP contribution in [0.1, 0.15) is 0 Å². The molecule has 0 unspecified atom stereocenters. The second-order valence-electron chi connectivity index (χ2n) is 3.84. The van der Waals surface area contributed by atoms with Gasteiger partial charge in [0, 0.05) is 18.2 Å². The second-order valence-corrected chi connectivity index (χ2v) is 3.84. The van der Waals surface area contributed by atoms with Crippen LogP contribution < -0.4 is 10.2 Å². The SMILES string of the molecule is COc1cc(=O)cc2oc3cc(O)ccc3nc1-2. The summed E-state index contributed by atoms with van der Waals surface area (Å²) in [5, 5.41) is 9.38.